The lowest BCUT2D eigenvalue weighted by molar-refractivity contribution is 0.593. The first kappa shape index (κ1) is 12.9. The van der Waals surface area contributed by atoms with Crippen molar-refractivity contribution in [2.75, 3.05) is 6.54 Å². The number of aromatic nitrogens is 1. The average molecular weight is 242 g/mol. The smallest absolute Gasteiger partial charge is 0.0455 e. The molecule has 2 heteroatoms. The van der Waals surface area contributed by atoms with E-state index in [0.29, 0.717) is 5.92 Å². The fraction of sp³-hybridized carbons (Fsp3) is 0.375. The molecule has 1 atom stereocenters. The minimum Gasteiger partial charge on any atom is -0.330 e. The minimum atomic E-state index is 0.547. The van der Waals surface area contributed by atoms with Crippen LogP contribution < -0.4 is 5.73 Å². The van der Waals surface area contributed by atoms with Gasteiger partial charge < -0.3 is 10.3 Å². The molecule has 96 valence electrons. The lowest BCUT2D eigenvalue weighted by Crippen LogP contribution is -2.13. The van der Waals surface area contributed by atoms with Gasteiger partial charge in [-0.25, -0.2) is 0 Å². The Balaban J connectivity index is 2.23. The van der Waals surface area contributed by atoms with E-state index in [1.807, 2.05) is 0 Å². The highest BCUT2D eigenvalue weighted by Crippen LogP contribution is 2.17. The molecule has 0 saturated carbocycles. The van der Waals surface area contributed by atoms with Crippen molar-refractivity contribution in [2.45, 2.75) is 27.2 Å². The molecule has 0 bridgehead atoms. The van der Waals surface area contributed by atoms with Crippen LogP contribution in [-0.2, 0) is 6.42 Å². The van der Waals surface area contributed by atoms with Crippen LogP contribution >= 0.6 is 0 Å². The lowest BCUT2D eigenvalue weighted by Gasteiger charge is -2.12. The minimum absolute atomic E-state index is 0.547. The zero-order chi connectivity index (χ0) is 13.1. The highest BCUT2D eigenvalue weighted by Gasteiger charge is 2.05. The number of hydrogen-bond donors (Lipinski definition) is 1. The third-order valence-electron chi connectivity index (χ3n) is 3.45. The molecular weight excluding hydrogens is 220 g/mol. The van der Waals surface area contributed by atoms with Gasteiger partial charge in [0, 0.05) is 17.1 Å². The molecule has 0 aliphatic carbocycles. The van der Waals surface area contributed by atoms with Gasteiger partial charge in [0.1, 0.15) is 0 Å². The van der Waals surface area contributed by atoms with E-state index in [1.165, 1.54) is 22.6 Å². The molecule has 18 heavy (non-hydrogen) atoms. The molecule has 0 amide bonds. The van der Waals surface area contributed by atoms with Crippen LogP contribution in [0.2, 0.25) is 0 Å². The second-order valence-electron chi connectivity index (χ2n) is 5.16. The standard InChI is InChI=1S/C16H22N2/c1-12(11-17)10-15-6-8-16(9-7-15)18-13(2)4-5-14(18)3/h4-9,12H,10-11,17H2,1-3H3. The average Bonchev–Trinajstić information content (AvgIpc) is 2.70. The van der Waals surface area contributed by atoms with E-state index >= 15 is 0 Å². The van der Waals surface area contributed by atoms with E-state index < -0.39 is 0 Å². The normalized spacial score (nSPS) is 12.7. The first-order valence-corrected chi connectivity index (χ1v) is 6.56. The molecule has 0 saturated heterocycles. The van der Waals surface area contributed by atoms with Crippen molar-refractivity contribution in [1.82, 2.24) is 4.57 Å². The summed E-state index contributed by atoms with van der Waals surface area (Å²) in [5.41, 5.74) is 10.8. The first-order valence-electron chi connectivity index (χ1n) is 6.56. The van der Waals surface area contributed by atoms with Gasteiger partial charge in [-0.3, -0.25) is 0 Å². The maximum atomic E-state index is 5.66. The van der Waals surface area contributed by atoms with Gasteiger partial charge in [-0.15, -0.1) is 0 Å². The summed E-state index contributed by atoms with van der Waals surface area (Å²) in [6.07, 6.45) is 1.06. The molecule has 2 aromatic rings. The summed E-state index contributed by atoms with van der Waals surface area (Å²) < 4.78 is 2.27. The third kappa shape index (κ3) is 2.65. The molecule has 0 spiro atoms. The highest BCUT2D eigenvalue weighted by atomic mass is 15.0. The van der Waals surface area contributed by atoms with Crippen molar-refractivity contribution in [3.05, 3.63) is 53.3 Å². The zero-order valence-electron chi connectivity index (χ0n) is 11.5. The molecule has 2 nitrogen and oxygen atoms in total. The second-order valence-corrected chi connectivity index (χ2v) is 5.16. The van der Waals surface area contributed by atoms with Crippen LogP contribution in [-0.4, -0.2) is 11.1 Å². The zero-order valence-corrected chi connectivity index (χ0v) is 11.5. The van der Waals surface area contributed by atoms with E-state index in [0.717, 1.165) is 13.0 Å². The molecule has 0 radical (unpaired) electrons. The van der Waals surface area contributed by atoms with Gasteiger partial charge in [0.2, 0.25) is 0 Å². The van der Waals surface area contributed by atoms with Crippen LogP contribution in [0.1, 0.15) is 23.9 Å². The SMILES string of the molecule is Cc1ccc(C)n1-c1ccc(CC(C)CN)cc1. The Morgan fingerprint density at radius 3 is 2.06 bits per heavy atom. The quantitative estimate of drug-likeness (QED) is 0.876. The number of aryl methyl sites for hydroxylation is 2. The highest BCUT2D eigenvalue weighted by molar-refractivity contribution is 5.39. The van der Waals surface area contributed by atoms with Crippen molar-refractivity contribution in [2.24, 2.45) is 11.7 Å². The van der Waals surface area contributed by atoms with Crippen molar-refractivity contribution >= 4 is 0 Å². The van der Waals surface area contributed by atoms with Crippen LogP contribution in [0.5, 0.6) is 0 Å². The summed E-state index contributed by atoms with van der Waals surface area (Å²) in [5, 5.41) is 0. The maximum Gasteiger partial charge on any atom is 0.0455 e. The number of hydrogen-bond acceptors (Lipinski definition) is 1. The van der Waals surface area contributed by atoms with Crippen molar-refractivity contribution < 1.29 is 0 Å². The Bertz CT molecular complexity index is 489. The summed E-state index contributed by atoms with van der Waals surface area (Å²) >= 11 is 0. The summed E-state index contributed by atoms with van der Waals surface area (Å²) in [6.45, 7) is 7.21. The van der Waals surface area contributed by atoms with E-state index in [9.17, 15) is 0 Å². The van der Waals surface area contributed by atoms with Crippen molar-refractivity contribution in [3.63, 3.8) is 0 Å². The summed E-state index contributed by atoms with van der Waals surface area (Å²) in [5.74, 6) is 0.547. The Morgan fingerprint density at radius 1 is 1.00 bits per heavy atom. The third-order valence-corrected chi connectivity index (χ3v) is 3.45. The molecular formula is C16H22N2. The Kier molecular flexibility index (Phi) is 3.87. The summed E-state index contributed by atoms with van der Waals surface area (Å²) in [7, 11) is 0. The van der Waals surface area contributed by atoms with E-state index in [2.05, 4.69) is 61.7 Å². The van der Waals surface area contributed by atoms with Crippen LogP contribution in [0.4, 0.5) is 0 Å². The maximum absolute atomic E-state index is 5.66. The van der Waals surface area contributed by atoms with E-state index in [-0.39, 0.29) is 0 Å². The molecule has 1 unspecified atom stereocenters. The predicted molar refractivity (Wildman–Crippen MR) is 77.2 cm³/mol. The Hall–Kier alpha value is -1.54. The fourth-order valence-corrected chi connectivity index (χ4v) is 2.34. The van der Waals surface area contributed by atoms with E-state index in [4.69, 9.17) is 5.73 Å². The summed E-state index contributed by atoms with van der Waals surface area (Å²) in [6, 6.07) is 13.1. The van der Waals surface area contributed by atoms with Crippen LogP contribution in [0.3, 0.4) is 0 Å². The molecule has 2 N–H and O–H groups in total. The Labute approximate surface area is 109 Å². The molecule has 1 aromatic heterocycles. The van der Waals surface area contributed by atoms with Gasteiger partial charge in [0.15, 0.2) is 0 Å². The van der Waals surface area contributed by atoms with Gasteiger partial charge in [-0.1, -0.05) is 19.1 Å². The van der Waals surface area contributed by atoms with Gasteiger partial charge in [0.05, 0.1) is 0 Å². The number of nitrogens with two attached hydrogens (primary N) is 1. The van der Waals surface area contributed by atoms with Crippen molar-refractivity contribution in [1.29, 1.82) is 0 Å². The van der Waals surface area contributed by atoms with Crippen molar-refractivity contribution in [3.8, 4) is 5.69 Å². The molecule has 0 aliphatic heterocycles. The lowest BCUT2D eigenvalue weighted by atomic mass is 10.0. The second kappa shape index (κ2) is 5.40. The Morgan fingerprint density at radius 2 is 1.56 bits per heavy atom. The molecule has 1 heterocycles. The predicted octanol–water partition coefficient (Wildman–Crippen LogP) is 3.23. The fourth-order valence-electron chi connectivity index (χ4n) is 2.34. The first-order chi connectivity index (χ1) is 8.61. The molecule has 2 rings (SSSR count). The van der Waals surface area contributed by atoms with Crippen LogP contribution in [0.15, 0.2) is 36.4 Å². The molecule has 1 aromatic carbocycles. The topological polar surface area (TPSA) is 30.9 Å². The van der Waals surface area contributed by atoms with Crippen LogP contribution in [0, 0.1) is 19.8 Å². The van der Waals surface area contributed by atoms with Gasteiger partial charge >= 0.3 is 0 Å². The largest absolute Gasteiger partial charge is 0.330 e. The number of nitrogens with zero attached hydrogens (tertiary/aromatic N) is 1. The number of benzene rings is 1. The van der Waals surface area contributed by atoms with Gasteiger partial charge in [0.25, 0.3) is 0 Å². The van der Waals surface area contributed by atoms with Crippen LogP contribution in [0.25, 0.3) is 5.69 Å². The van der Waals surface area contributed by atoms with Gasteiger partial charge in [-0.2, -0.15) is 0 Å². The summed E-state index contributed by atoms with van der Waals surface area (Å²) in [4.78, 5) is 0. The monoisotopic (exact) mass is 242 g/mol. The van der Waals surface area contributed by atoms with Gasteiger partial charge in [-0.05, 0) is 62.6 Å². The molecule has 0 fully saturated rings. The molecule has 0 aliphatic rings. The van der Waals surface area contributed by atoms with E-state index in [1.54, 1.807) is 0 Å². The number of rotatable bonds is 4.